The molecule has 0 N–H and O–H groups in total. The Hall–Kier alpha value is -0.600. The van der Waals surface area contributed by atoms with Crippen molar-refractivity contribution in [2.24, 2.45) is 17.3 Å². The molecule has 0 amide bonds. The normalized spacial score (nSPS) is 40.6. The van der Waals surface area contributed by atoms with E-state index in [0.717, 1.165) is 17.9 Å². The molecule has 1 saturated carbocycles. The van der Waals surface area contributed by atoms with Gasteiger partial charge in [0.05, 0.1) is 0 Å². The fourth-order valence-electron chi connectivity index (χ4n) is 4.97. The number of fused-ring (bicyclic) bond motifs is 1. The second-order valence-corrected chi connectivity index (χ2v) is 8.01. The number of hydrogen-bond acceptors (Lipinski definition) is 2. The van der Waals surface area contributed by atoms with E-state index in [1.165, 1.54) is 64.7 Å². The zero-order valence-electron chi connectivity index (χ0n) is 13.5. The predicted molar refractivity (Wildman–Crippen MR) is 88.3 cm³/mol. The maximum Gasteiger partial charge on any atom is 0.0220 e. The summed E-state index contributed by atoms with van der Waals surface area (Å²) in [7, 11) is 2.31. The Morgan fingerprint density at radius 2 is 1.95 bits per heavy atom. The van der Waals surface area contributed by atoms with E-state index in [1.54, 1.807) is 0 Å². The quantitative estimate of drug-likeness (QED) is 0.782. The first-order valence-electron chi connectivity index (χ1n) is 9.04. The average Bonchev–Trinajstić information content (AvgIpc) is 3.09. The van der Waals surface area contributed by atoms with Gasteiger partial charge in [0.2, 0.25) is 0 Å². The summed E-state index contributed by atoms with van der Waals surface area (Å²) < 4.78 is 0. The number of likely N-dealkylation sites (N-methyl/N-ethyl adjacent to an activating group) is 1. The topological polar surface area (TPSA) is 6.48 Å². The van der Waals surface area contributed by atoms with Crippen LogP contribution in [-0.4, -0.2) is 49.1 Å². The number of piperidine rings is 1. The molecule has 2 unspecified atom stereocenters. The fraction of sp³-hybridized carbons (Fsp3) is 0.789. The summed E-state index contributed by atoms with van der Waals surface area (Å²) in [4.78, 5) is 5.31. The summed E-state index contributed by atoms with van der Waals surface area (Å²) in [6.45, 7) is 5.31. The summed E-state index contributed by atoms with van der Waals surface area (Å²) in [5.74, 6) is 1.86. The number of allylic oxidation sites excluding steroid dienone is 4. The van der Waals surface area contributed by atoms with E-state index >= 15 is 0 Å². The van der Waals surface area contributed by atoms with Gasteiger partial charge in [-0.25, -0.2) is 0 Å². The van der Waals surface area contributed by atoms with Crippen LogP contribution in [0, 0.1) is 17.3 Å². The lowest BCUT2D eigenvalue weighted by Gasteiger charge is -2.36. The van der Waals surface area contributed by atoms with Crippen molar-refractivity contribution >= 4 is 0 Å². The highest BCUT2D eigenvalue weighted by Crippen LogP contribution is 2.60. The third-order valence-electron chi connectivity index (χ3n) is 6.58. The molecule has 0 aromatic rings. The zero-order valence-corrected chi connectivity index (χ0v) is 13.5. The molecule has 2 nitrogen and oxygen atoms in total. The van der Waals surface area contributed by atoms with Gasteiger partial charge in [0.1, 0.15) is 0 Å². The van der Waals surface area contributed by atoms with Crippen LogP contribution in [0.1, 0.15) is 38.5 Å². The van der Waals surface area contributed by atoms with Crippen LogP contribution < -0.4 is 0 Å². The summed E-state index contributed by atoms with van der Waals surface area (Å²) in [6.07, 6.45) is 18.0. The summed E-state index contributed by atoms with van der Waals surface area (Å²) in [5, 5.41) is 0. The predicted octanol–water partition coefficient (Wildman–Crippen LogP) is 3.32. The molecule has 0 radical (unpaired) electrons. The van der Waals surface area contributed by atoms with Crippen molar-refractivity contribution in [3.63, 3.8) is 0 Å². The minimum absolute atomic E-state index is 0.591. The summed E-state index contributed by atoms with van der Waals surface area (Å²) in [6, 6.07) is 0.833. The molecule has 4 aliphatic rings. The maximum absolute atomic E-state index is 2.74. The molecule has 4 rings (SSSR count). The molecular weight excluding hydrogens is 256 g/mol. The van der Waals surface area contributed by atoms with Crippen molar-refractivity contribution < 1.29 is 0 Å². The van der Waals surface area contributed by atoms with Gasteiger partial charge < -0.3 is 9.80 Å². The highest BCUT2D eigenvalue weighted by Gasteiger charge is 2.51. The molecule has 2 aliphatic carbocycles. The molecule has 0 aromatic carbocycles. The molecule has 2 aliphatic heterocycles. The standard InChI is InChI=1S/C19H30N2/c1-20-10-4-6-18(20)15-21-11-7-16(8-12-21)13-19-9-3-2-5-17(19)14-19/h2-3,5,9,16-18H,4,6-8,10-15H2,1H3/t17?,18-,19?/m1/s1. The number of rotatable bonds is 4. The first kappa shape index (κ1) is 14.0. The van der Waals surface area contributed by atoms with Crippen LogP contribution in [0.2, 0.25) is 0 Å². The Morgan fingerprint density at radius 1 is 1.10 bits per heavy atom. The van der Waals surface area contributed by atoms with Gasteiger partial charge >= 0.3 is 0 Å². The molecule has 0 bridgehead atoms. The van der Waals surface area contributed by atoms with Gasteiger partial charge in [-0.3, -0.25) is 0 Å². The SMILES string of the molecule is CN1CCC[C@@H]1CN1CCC(CC23C=CC=CC2C3)CC1. The Labute approximate surface area is 129 Å². The van der Waals surface area contributed by atoms with Gasteiger partial charge in [0.25, 0.3) is 0 Å². The van der Waals surface area contributed by atoms with E-state index in [1.807, 2.05) is 0 Å². The molecule has 0 spiro atoms. The molecule has 2 heterocycles. The first-order valence-corrected chi connectivity index (χ1v) is 9.04. The second kappa shape index (κ2) is 5.55. The lowest BCUT2D eigenvalue weighted by molar-refractivity contribution is 0.134. The maximum atomic E-state index is 2.74. The third-order valence-corrected chi connectivity index (χ3v) is 6.58. The van der Waals surface area contributed by atoms with Crippen molar-refractivity contribution in [1.29, 1.82) is 0 Å². The monoisotopic (exact) mass is 286 g/mol. The van der Waals surface area contributed by atoms with Crippen LogP contribution in [0.25, 0.3) is 0 Å². The van der Waals surface area contributed by atoms with E-state index in [4.69, 9.17) is 0 Å². The number of hydrogen-bond donors (Lipinski definition) is 0. The Morgan fingerprint density at radius 3 is 2.67 bits per heavy atom. The summed E-state index contributed by atoms with van der Waals surface area (Å²) >= 11 is 0. The third kappa shape index (κ3) is 2.85. The largest absolute Gasteiger partial charge is 0.302 e. The lowest BCUT2D eigenvalue weighted by atomic mass is 9.83. The van der Waals surface area contributed by atoms with Crippen molar-refractivity contribution in [3.05, 3.63) is 24.3 Å². The lowest BCUT2D eigenvalue weighted by Crippen LogP contribution is -2.42. The first-order chi connectivity index (χ1) is 10.3. The van der Waals surface area contributed by atoms with Crippen LogP contribution in [0.5, 0.6) is 0 Å². The molecule has 0 aromatic heterocycles. The van der Waals surface area contributed by atoms with Crippen molar-refractivity contribution in [1.82, 2.24) is 9.80 Å². The Bertz CT molecular complexity index is 433. The molecule has 2 saturated heterocycles. The number of likely N-dealkylation sites (tertiary alicyclic amines) is 2. The van der Waals surface area contributed by atoms with Crippen LogP contribution >= 0.6 is 0 Å². The van der Waals surface area contributed by atoms with Crippen LogP contribution in [0.15, 0.2) is 24.3 Å². The van der Waals surface area contributed by atoms with Gasteiger partial charge in [-0.2, -0.15) is 0 Å². The second-order valence-electron chi connectivity index (χ2n) is 8.01. The molecular formula is C19H30N2. The fourth-order valence-corrected chi connectivity index (χ4v) is 4.97. The highest BCUT2D eigenvalue weighted by molar-refractivity contribution is 5.29. The van der Waals surface area contributed by atoms with Gasteiger partial charge in [0.15, 0.2) is 0 Å². The molecule has 3 atom stereocenters. The highest BCUT2D eigenvalue weighted by atomic mass is 15.2. The van der Waals surface area contributed by atoms with E-state index < -0.39 is 0 Å². The van der Waals surface area contributed by atoms with E-state index in [0.29, 0.717) is 5.41 Å². The molecule has 2 heteroatoms. The minimum Gasteiger partial charge on any atom is -0.302 e. The van der Waals surface area contributed by atoms with Crippen LogP contribution in [0.3, 0.4) is 0 Å². The summed E-state index contributed by atoms with van der Waals surface area (Å²) in [5.41, 5.74) is 0.591. The van der Waals surface area contributed by atoms with Crippen molar-refractivity contribution in [3.8, 4) is 0 Å². The van der Waals surface area contributed by atoms with Crippen LogP contribution in [0.4, 0.5) is 0 Å². The average molecular weight is 286 g/mol. The van der Waals surface area contributed by atoms with E-state index in [-0.39, 0.29) is 0 Å². The smallest absolute Gasteiger partial charge is 0.0220 e. The van der Waals surface area contributed by atoms with Gasteiger partial charge in [-0.1, -0.05) is 24.3 Å². The van der Waals surface area contributed by atoms with Crippen LogP contribution in [-0.2, 0) is 0 Å². The molecule has 21 heavy (non-hydrogen) atoms. The molecule has 116 valence electrons. The molecule has 3 fully saturated rings. The zero-order chi connectivity index (χ0) is 14.3. The van der Waals surface area contributed by atoms with Gasteiger partial charge in [0, 0.05) is 12.6 Å². The number of nitrogens with zero attached hydrogens (tertiary/aromatic N) is 2. The van der Waals surface area contributed by atoms with Crippen molar-refractivity contribution in [2.75, 3.05) is 33.2 Å². The van der Waals surface area contributed by atoms with Gasteiger partial charge in [-0.15, -0.1) is 0 Å². The van der Waals surface area contributed by atoms with E-state index in [9.17, 15) is 0 Å². The Kier molecular flexibility index (Phi) is 3.71. The van der Waals surface area contributed by atoms with Crippen molar-refractivity contribution in [2.45, 2.75) is 44.6 Å². The van der Waals surface area contributed by atoms with Gasteiger partial charge in [-0.05, 0) is 82.5 Å². The Balaban J connectivity index is 1.24. The minimum atomic E-state index is 0.591. The van der Waals surface area contributed by atoms with E-state index in [2.05, 4.69) is 41.2 Å².